The van der Waals surface area contributed by atoms with Crippen LogP contribution in [0.3, 0.4) is 0 Å². The summed E-state index contributed by atoms with van der Waals surface area (Å²) in [4.78, 5) is 27.6. The van der Waals surface area contributed by atoms with Crippen molar-refractivity contribution in [3.05, 3.63) is 132 Å². The number of carbonyl (C=O) groups is 2. The molecule has 7 heteroatoms. The van der Waals surface area contributed by atoms with Crippen LogP contribution in [-0.4, -0.2) is 21.6 Å². The van der Waals surface area contributed by atoms with Crippen LogP contribution in [0.25, 0.3) is 10.9 Å². The molecule has 0 aliphatic rings. The lowest BCUT2D eigenvalue weighted by atomic mass is 10.1. The Morgan fingerprint density at radius 1 is 0.750 bits per heavy atom. The number of ether oxygens (including phenoxy) is 1. The molecule has 202 valence electrons. The molecule has 5 rings (SSSR count). The zero-order valence-electron chi connectivity index (χ0n) is 22.6. The Hall–Kier alpha value is -5.04. The van der Waals surface area contributed by atoms with Gasteiger partial charge in [-0.05, 0) is 60.0 Å². The maximum absolute atomic E-state index is 13.2. The molecule has 0 atom stereocenters. The van der Waals surface area contributed by atoms with Crippen LogP contribution in [0.5, 0.6) is 0 Å². The number of nitrogens with zero attached hydrogens (tertiary/aromatic N) is 2. The van der Waals surface area contributed by atoms with Gasteiger partial charge in [0.05, 0.1) is 0 Å². The van der Waals surface area contributed by atoms with Gasteiger partial charge in [-0.1, -0.05) is 72.3 Å². The molecule has 0 unspecified atom stereocenters. The van der Waals surface area contributed by atoms with Gasteiger partial charge in [0.15, 0.2) is 0 Å². The summed E-state index contributed by atoms with van der Waals surface area (Å²) in [6.45, 7) is 2.95. The third-order valence-corrected chi connectivity index (χ3v) is 6.66. The molecule has 0 aliphatic heterocycles. The number of nitrogens with one attached hydrogen (secondary N) is 2. The van der Waals surface area contributed by atoms with E-state index >= 15 is 0 Å². The fraction of sp³-hybridized carbons (Fsp3) is 0.152. The number of amides is 3. The Morgan fingerprint density at radius 2 is 1.45 bits per heavy atom. The fourth-order valence-corrected chi connectivity index (χ4v) is 4.53. The lowest BCUT2D eigenvalue weighted by Gasteiger charge is -2.23. The maximum Gasteiger partial charge on any atom is 0.410 e. The lowest BCUT2D eigenvalue weighted by Crippen LogP contribution is -2.30. The number of carbonyl (C=O) groups excluding carboxylic acids is 2. The Morgan fingerprint density at radius 3 is 2.23 bits per heavy atom. The monoisotopic (exact) mass is 532 g/mol. The van der Waals surface area contributed by atoms with E-state index in [1.807, 2.05) is 128 Å². The Kier molecular flexibility index (Phi) is 8.11. The highest BCUT2D eigenvalue weighted by molar-refractivity contribution is 6.01. The van der Waals surface area contributed by atoms with E-state index in [1.165, 1.54) is 0 Å². The number of urea groups is 1. The van der Waals surface area contributed by atoms with Crippen LogP contribution in [0, 0.1) is 6.92 Å². The van der Waals surface area contributed by atoms with Crippen molar-refractivity contribution in [2.45, 2.75) is 26.6 Å². The number of hydrogen-bond donors (Lipinski definition) is 2. The zero-order chi connectivity index (χ0) is 27.9. The van der Waals surface area contributed by atoms with Crippen molar-refractivity contribution in [3.8, 4) is 0 Å². The molecule has 1 aromatic heterocycles. The van der Waals surface area contributed by atoms with Crippen LogP contribution >= 0.6 is 0 Å². The summed E-state index contributed by atoms with van der Waals surface area (Å²) < 4.78 is 7.69. The first-order valence-corrected chi connectivity index (χ1v) is 13.2. The van der Waals surface area contributed by atoms with Gasteiger partial charge >= 0.3 is 12.1 Å². The second-order valence-corrected chi connectivity index (χ2v) is 9.86. The molecule has 5 aromatic rings. The third kappa shape index (κ3) is 6.88. The van der Waals surface area contributed by atoms with Crippen molar-refractivity contribution in [3.63, 3.8) is 0 Å². The summed E-state index contributed by atoms with van der Waals surface area (Å²) in [7, 11) is 1.99. The van der Waals surface area contributed by atoms with E-state index in [-0.39, 0.29) is 12.6 Å². The molecule has 0 bridgehead atoms. The van der Waals surface area contributed by atoms with Gasteiger partial charge in [-0.25, -0.2) is 9.59 Å². The quantitative estimate of drug-likeness (QED) is 0.218. The standard InChI is InChI=1S/C33H32N4O3/c1-24-11-13-25(14-12-24)21-37(33(39)40-23-26-7-4-3-5-8-26)22-27-9-6-10-29(19-27)34-32(38)35-30-15-16-31-28(20-30)17-18-36(31)2/h3-20H,21-23H2,1-2H3,(H2,34,35,38). The Labute approximate surface area is 234 Å². The van der Waals surface area contributed by atoms with Crippen molar-refractivity contribution >= 4 is 34.4 Å². The molecule has 0 aliphatic carbocycles. The maximum atomic E-state index is 13.2. The summed E-state index contributed by atoms with van der Waals surface area (Å²) in [6.07, 6.45) is 1.58. The largest absolute Gasteiger partial charge is 0.445 e. The molecular formula is C33H32N4O3. The summed E-state index contributed by atoms with van der Waals surface area (Å²) in [5.74, 6) is 0. The summed E-state index contributed by atoms with van der Waals surface area (Å²) >= 11 is 0. The second-order valence-electron chi connectivity index (χ2n) is 9.86. The van der Waals surface area contributed by atoms with E-state index in [0.717, 1.165) is 33.2 Å². The van der Waals surface area contributed by atoms with E-state index in [2.05, 4.69) is 10.6 Å². The van der Waals surface area contributed by atoms with Crippen LogP contribution in [0.4, 0.5) is 21.0 Å². The van der Waals surface area contributed by atoms with Gasteiger partial charge in [0.2, 0.25) is 0 Å². The summed E-state index contributed by atoms with van der Waals surface area (Å²) in [5, 5.41) is 6.85. The molecular weight excluding hydrogens is 500 g/mol. The van der Waals surface area contributed by atoms with E-state index in [4.69, 9.17) is 4.74 Å². The zero-order valence-corrected chi connectivity index (χ0v) is 22.6. The minimum absolute atomic E-state index is 0.195. The van der Waals surface area contributed by atoms with Crippen LogP contribution in [0.1, 0.15) is 22.3 Å². The molecule has 4 aromatic carbocycles. The van der Waals surface area contributed by atoms with Gasteiger partial charge in [0, 0.05) is 48.6 Å². The smallest absolute Gasteiger partial charge is 0.410 e. The van der Waals surface area contributed by atoms with Crippen LogP contribution in [0.15, 0.2) is 109 Å². The normalized spacial score (nSPS) is 10.8. The average Bonchev–Trinajstić information content (AvgIpc) is 3.33. The van der Waals surface area contributed by atoms with E-state index in [9.17, 15) is 9.59 Å². The predicted molar refractivity (Wildman–Crippen MR) is 159 cm³/mol. The topological polar surface area (TPSA) is 75.6 Å². The van der Waals surface area contributed by atoms with Crippen molar-refractivity contribution in [2.75, 3.05) is 10.6 Å². The number of hydrogen-bond acceptors (Lipinski definition) is 3. The molecule has 0 saturated carbocycles. The minimum atomic E-state index is -0.406. The number of rotatable bonds is 8. The first-order chi connectivity index (χ1) is 19.4. The molecule has 2 N–H and O–H groups in total. The lowest BCUT2D eigenvalue weighted by molar-refractivity contribution is 0.0910. The first kappa shape index (κ1) is 26.6. The molecule has 0 fully saturated rings. The number of aromatic nitrogens is 1. The fourth-order valence-electron chi connectivity index (χ4n) is 4.53. The molecule has 3 amide bonds. The third-order valence-electron chi connectivity index (χ3n) is 6.66. The predicted octanol–water partition coefficient (Wildman–Crippen LogP) is 7.47. The van der Waals surface area contributed by atoms with Gasteiger partial charge in [0.25, 0.3) is 0 Å². The van der Waals surface area contributed by atoms with Crippen molar-refractivity contribution in [1.82, 2.24) is 9.47 Å². The van der Waals surface area contributed by atoms with Gasteiger partial charge in [-0.3, -0.25) is 4.90 Å². The van der Waals surface area contributed by atoms with Crippen LogP contribution in [0.2, 0.25) is 0 Å². The van der Waals surface area contributed by atoms with Gasteiger partial charge < -0.3 is 19.9 Å². The molecule has 0 saturated heterocycles. The average molecular weight is 533 g/mol. The van der Waals surface area contributed by atoms with Crippen molar-refractivity contribution in [1.29, 1.82) is 0 Å². The van der Waals surface area contributed by atoms with E-state index in [0.29, 0.717) is 24.5 Å². The highest BCUT2D eigenvalue weighted by Crippen LogP contribution is 2.21. The summed E-state index contributed by atoms with van der Waals surface area (Å²) in [5.41, 5.74) is 6.38. The molecule has 0 radical (unpaired) electrons. The van der Waals surface area contributed by atoms with Gasteiger partial charge in [-0.2, -0.15) is 0 Å². The molecule has 0 spiro atoms. The first-order valence-electron chi connectivity index (χ1n) is 13.2. The SMILES string of the molecule is Cc1ccc(CN(Cc2cccc(NC(=O)Nc3ccc4c(ccn4C)c3)c2)C(=O)OCc2ccccc2)cc1. The van der Waals surface area contributed by atoms with Crippen LogP contribution < -0.4 is 10.6 Å². The number of fused-ring (bicyclic) bond motifs is 1. The molecule has 1 heterocycles. The molecule has 7 nitrogen and oxygen atoms in total. The Balaban J connectivity index is 1.26. The number of anilines is 2. The van der Waals surface area contributed by atoms with Gasteiger partial charge in [0.1, 0.15) is 6.61 Å². The van der Waals surface area contributed by atoms with Gasteiger partial charge in [-0.15, -0.1) is 0 Å². The van der Waals surface area contributed by atoms with Crippen molar-refractivity contribution < 1.29 is 14.3 Å². The number of benzene rings is 4. The highest BCUT2D eigenvalue weighted by Gasteiger charge is 2.17. The van der Waals surface area contributed by atoms with Crippen LogP contribution in [-0.2, 0) is 31.5 Å². The van der Waals surface area contributed by atoms with E-state index in [1.54, 1.807) is 4.90 Å². The van der Waals surface area contributed by atoms with E-state index < -0.39 is 6.09 Å². The molecule has 40 heavy (non-hydrogen) atoms. The summed E-state index contributed by atoms with van der Waals surface area (Å²) in [6, 6.07) is 32.7. The Bertz CT molecular complexity index is 1610. The second kappa shape index (κ2) is 12.2. The highest BCUT2D eigenvalue weighted by atomic mass is 16.6. The minimum Gasteiger partial charge on any atom is -0.445 e. The number of aryl methyl sites for hydroxylation is 2. The van der Waals surface area contributed by atoms with Crippen molar-refractivity contribution in [2.24, 2.45) is 7.05 Å².